The molecule has 2 rings (SSSR count). The standard InChI is InChI=1S/C18H18ClN3O8S/c1-28-14-5-3-10(19)7-12(14)17(24)22-21-16(23)9-30-18(25)13-8-11(31(20,26)27)4-6-15(13)29-2/h3-8H,9H2,1-2H3,(H,21,23)(H,22,24)(H2,20,26,27). The third-order valence-corrected chi connectivity index (χ3v) is 4.92. The quantitative estimate of drug-likeness (QED) is 0.391. The van der Waals surface area contributed by atoms with Gasteiger partial charge in [0.2, 0.25) is 10.0 Å². The van der Waals surface area contributed by atoms with E-state index in [4.69, 9.17) is 31.0 Å². The Morgan fingerprint density at radius 2 is 1.58 bits per heavy atom. The summed E-state index contributed by atoms with van der Waals surface area (Å²) in [6.45, 7) is -0.783. The number of amides is 2. The fourth-order valence-electron chi connectivity index (χ4n) is 2.32. The Bertz CT molecular complexity index is 1120. The molecular formula is C18H18ClN3O8S. The van der Waals surface area contributed by atoms with E-state index in [9.17, 15) is 22.8 Å². The number of carbonyl (C=O) groups excluding carboxylic acids is 3. The second kappa shape index (κ2) is 10.1. The number of methoxy groups -OCH3 is 2. The maximum Gasteiger partial charge on any atom is 0.342 e. The smallest absolute Gasteiger partial charge is 0.342 e. The van der Waals surface area contributed by atoms with Crippen LogP contribution >= 0.6 is 11.6 Å². The van der Waals surface area contributed by atoms with Crippen LogP contribution in [0.3, 0.4) is 0 Å². The second-order valence-electron chi connectivity index (χ2n) is 5.83. The summed E-state index contributed by atoms with van der Waals surface area (Å²) in [6.07, 6.45) is 0. The summed E-state index contributed by atoms with van der Waals surface area (Å²) >= 11 is 5.85. The number of esters is 1. The van der Waals surface area contributed by atoms with E-state index in [2.05, 4.69) is 10.9 Å². The van der Waals surface area contributed by atoms with Gasteiger partial charge in [0.25, 0.3) is 11.8 Å². The zero-order valence-corrected chi connectivity index (χ0v) is 17.9. The molecule has 0 radical (unpaired) electrons. The molecule has 0 aliphatic carbocycles. The lowest BCUT2D eigenvalue weighted by Gasteiger charge is -2.12. The number of halogens is 1. The van der Waals surface area contributed by atoms with Crippen LogP contribution in [0.4, 0.5) is 0 Å². The van der Waals surface area contributed by atoms with Gasteiger partial charge in [-0.3, -0.25) is 20.4 Å². The Morgan fingerprint density at radius 1 is 0.968 bits per heavy atom. The number of nitrogens with two attached hydrogens (primary N) is 1. The molecule has 11 nitrogen and oxygen atoms in total. The van der Waals surface area contributed by atoms with Crippen molar-refractivity contribution in [2.24, 2.45) is 5.14 Å². The molecule has 2 aromatic carbocycles. The van der Waals surface area contributed by atoms with Gasteiger partial charge in [-0.2, -0.15) is 0 Å². The van der Waals surface area contributed by atoms with Crippen molar-refractivity contribution in [2.45, 2.75) is 4.90 Å². The summed E-state index contributed by atoms with van der Waals surface area (Å²) in [5.41, 5.74) is 4.00. The molecule has 0 saturated heterocycles. The molecular weight excluding hydrogens is 454 g/mol. The summed E-state index contributed by atoms with van der Waals surface area (Å²) in [5.74, 6) is -2.39. The van der Waals surface area contributed by atoms with E-state index in [1.807, 2.05) is 0 Å². The van der Waals surface area contributed by atoms with Gasteiger partial charge in [-0.25, -0.2) is 18.4 Å². The molecule has 0 unspecified atom stereocenters. The lowest BCUT2D eigenvalue weighted by molar-refractivity contribution is -0.125. The van der Waals surface area contributed by atoms with Crippen LogP contribution in [0.25, 0.3) is 0 Å². The van der Waals surface area contributed by atoms with E-state index in [0.29, 0.717) is 0 Å². The van der Waals surface area contributed by atoms with Crippen molar-refractivity contribution in [3.8, 4) is 11.5 Å². The number of hydrogen-bond donors (Lipinski definition) is 3. The van der Waals surface area contributed by atoms with E-state index in [1.54, 1.807) is 0 Å². The highest BCUT2D eigenvalue weighted by Gasteiger charge is 2.20. The first kappa shape index (κ1) is 23.9. The van der Waals surface area contributed by atoms with E-state index < -0.39 is 34.4 Å². The number of benzene rings is 2. The van der Waals surface area contributed by atoms with Crippen molar-refractivity contribution in [3.05, 3.63) is 52.5 Å². The number of ether oxygens (including phenoxy) is 3. The minimum Gasteiger partial charge on any atom is -0.496 e. The number of hydrazine groups is 1. The zero-order chi connectivity index (χ0) is 23.2. The lowest BCUT2D eigenvalue weighted by atomic mass is 10.2. The predicted octanol–water partition coefficient (Wildman–Crippen LogP) is 0.623. The molecule has 0 atom stereocenters. The fraction of sp³-hybridized carbons (Fsp3) is 0.167. The van der Waals surface area contributed by atoms with Gasteiger partial charge >= 0.3 is 5.97 Å². The lowest BCUT2D eigenvalue weighted by Crippen LogP contribution is -2.43. The Balaban J connectivity index is 2.00. The number of nitrogens with one attached hydrogen (secondary N) is 2. The van der Waals surface area contributed by atoms with Crippen LogP contribution in [0.15, 0.2) is 41.3 Å². The second-order valence-corrected chi connectivity index (χ2v) is 7.83. The normalized spacial score (nSPS) is 10.7. The maximum atomic E-state index is 12.3. The third-order valence-electron chi connectivity index (χ3n) is 3.78. The molecule has 0 heterocycles. The molecule has 0 aliphatic rings. The average Bonchev–Trinajstić information content (AvgIpc) is 2.74. The van der Waals surface area contributed by atoms with Gasteiger partial charge in [-0.15, -0.1) is 0 Å². The molecule has 2 amide bonds. The fourth-order valence-corrected chi connectivity index (χ4v) is 3.03. The van der Waals surface area contributed by atoms with Gasteiger partial charge in [0.05, 0.1) is 24.7 Å². The van der Waals surface area contributed by atoms with Crippen LogP contribution in [0, 0.1) is 0 Å². The number of hydrogen-bond acceptors (Lipinski definition) is 8. The van der Waals surface area contributed by atoms with Crippen LogP contribution in [0.2, 0.25) is 5.02 Å². The van der Waals surface area contributed by atoms with E-state index in [1.165, 1.54) is 38.5 Å². The number of carbonyl (C=O) groups is 3. The van der Waals surface area contributed by atoms with Gasteiger partial charge in [0.1, 0.15) is 17.1 Å². The minimum atomic E-state index is -4.08. The monoisotopic (exact) mass is 471 g/mol. The Morgan fingerprint density at radius 3 is 2.19 bits per heavy atom. The molecule has 0 fully saturated rings. The van der Waals surface area contributed by atoms with E-state index >= 15 is 0 Å². The molecule has 0 aliphatic heterocycles. The molecule has 0 saturated carbocycles. The molecule has 0 bridgehead atoms. The molecule has 0 spiro atoms. The first-order valence-corrected chi connectivity index (χ1v) is 10.3. The van der Waals surface area contributed by atoms with Gasteiger partial charge in [-0.05, 0) is 36.4 Å². The molecule has 166 valence electrons. The largest absolute Gasteiger partial charge is 0.496 e. The Labute approximate surface area is 182 Å². The van der Waals surface area contributed by atoms with Crippen molar-refractivity contribution in [3.63, 3.8) is 0 Å². The highest BCUT2D eigenvalue weighted by Crippen LogP contribution is 2.23. The van der Waals surface area contributed by atoms with E-state index in [-0.39, 0.29) is 32.5 Å². The van der Waals surface area contributed by atoms with Crippen molar-refractivity contribution in [1.29, 1.82) is 0 Å². The Kier molecular flexibility index (Phi) is 7.80. The summed E-state index contributed by atoms with van der Waals surface area (Å²) in [6, 6.07) is 7.67. The van der Waals surface area contributed by atoms with Gasteiger partial charge in [0, 0.05) is 5.02 Å². The highest BCUT2D eigenvalue weighted by molar-refractivity contribution is 7.89. The third kappa shape index (κ3) is 6.31. The molecule has 31 heavy (non-hydrogen) atoms. The van der Waals surface area contributed by atoms with E-state index in [0.717, 1.165) is 12.1 Å². The summed E-state index contributed by atoms with van der Waals surface area (Å²) in [4.78, 5) is 36.0. The van der Waals surface area contributed by atoms with Gasteiger partial charge in [-0.1, -0.05) is 11.6 Å². The number of rotatable bonds is 7. The van der Waals surface area contributed by atoms with Crippen LogP contribution in [-0.2, 0) is 19.6 Å². The minimum absolute atomic E-state index is 0.0131. The molecule has 2 aromatic rings. The van der Waals surface area contributed by atoms with Gasteiger partial charge < -0.3 is 14.2 Å². The van der Waals surface area contributed by atoms with Gasteiger partial charge in [0.15, 0.2) is 6.61 Å². The van der Waals surface area contributed by atoms with Crippen molar-refractivity contribution in [2.75, 3.05) is 20.8 Å². The average molecular weight is 472 g/mol. The highest BCUT2D eigenvalue weighted by atomic mass is 35.5. The van der Waals surface area contributed by atoms with Crippen LogP contribution in [0.5, 0.6) is 11.5 Å². The molecule has 4 N–H and O–H groups in total. The summed E-state index contributed by atoms with van der Waals surface area (Å²) in [7, 11) is -1.46. The van der Waals surface area contributed by atoms with Crippen molar-refractivity contribution >= 4 is 39.4 Å². The van der Waals surface area contributed by atoms with Crippen LogP contribution < -0.4 is 25.5 Å². The predicted molar refractivity (Wildman–Crippen MR) is 108 cm³/mol. The SMILES string of the molecule is COc1ccc(Cl)cc1C(=O)NNC(=O)COC(=O)c1cc(S(N)(=O)=O)ccc1OC. The first-order chi connectivity index (χ1) is 14.6. The van der Waals surface area contributed by atoms with Crippen LogP contribution in [0.1, 0.15) is 20.7 Å². The zero-order valence-electron chi connectivity index (χ0n) is 16.3. The van der Waals surface area contributed by atoms with Crippen molar-refractivity contribution in [1.82, 2.24) is 10.9 Å². The van der Waals surface area contributed by atoms with Crippen LogP contribution in [-0.4, -0.2) is 47.0 Å². The summed E-state index contributed by atoms with van der Waals surface area (Å²) < 4.78 is 37.8. The number of sulfonamides is 1. The van der Waals surface area contributed by atoms with Crippen molar-refractivity contribution < 1.29 is 37.0 Å². The molecule has 13 heteroatoms. The molecule has 0 aromatic heterocycles. The topological polar surface area (TPSA) is 163 Å². The summed E-state index contributed by atoms with van der Waals surface area (Å²) in [5, 5.41) is 5.32. The number of primary sulfonamides is 1. The Hall–Kier alpha value is -3.35. The maximum absolute atomic E-state index is 12.3. The first-order valence-electron chi connectivity index (χ1n) is 8.37.